The summed E-state index contributed by atoms with van der Waals surface area (Å²) < 4.78 is 0. The fraction of sp³-hybridized carbons (Fsp3) is 0.471. The van der Waals surface area contributed by atoms with E-state index in [4.69, 9.17) is 5.73 Å². The Bertz CT molecular complexity index is 526. The Morgan fingerprint density at radius 2 is 2.15 bits per heavy atom. The molecule has 0 radical (unpaired) electrons. The fourth-order valence-electron chi connectivity index (χ4n) is 2.08. The van der Waals surface area contributed by atoms with Gasteiger partial charge in [0.1, 0.15) is 0 Å². The minimum absolute atomic E-state index is 0.0554. The summed E-state index contributed by atoms with van der Waals surface area (Å²) in [6.45, 7) is 6.48. The van der Waals surface area contributed by atoms with Crippen LogP contribution in [0.5, 0.6) is 0 Å². The number of hydrogen-bond acceptors (Lipinski definition) is 2. The summed E-state index contributed by atoms with van der Waals surface area (Å²) in [7, 11) is 1.86. The lowest BCUT2D eigenvalue weighted by molar-refractivity contribution is 0.0736. The molecular weight excluding hydrogens is 248 g/mol. The van der Waals surface area contributed by atoms with Crippen molar-refractivity contribution in [3.8, 4) is 11.8 Å². The van der Waals surface area contributed by atoms with E-state index in [0.717, 1.165) is 29.5 Å². The van der Waals surface area contributed by atoms with Crippen molar-refractivity contribution in [2.24, 2.45) is 5.73 Å². The van der Waals surface area contributed by atoms with Gasteiger partial charge in [0.25, 0.3) is 5.91 Å². The number of nitrogens with zero attached hydrogens (tertiary/aromatic N) is 1. The Morgan fingerprint density at radius 3 is 2.75 bits per heavy atom. The molecule has 0 aliphatic heterocycles. The molecule has 0 saturated carbocycles. The Kier molecular flexibility index (Phi) is 6.27. The third kappa shape index (κ3) is 4.11. The van der Waals surface area contributed by atoms with Gasteiger partial charge >= 0.3 is 0 Å². The third-order valence-corrected chi connectivity index (χ3v) is 3.49. The molecular formula is C17H24N2O. The lowest BCUT2D eigenvalue weighted by atomic mass is 10.0. The predicted octanol–water partition coefficient (Wildman–Crippen LogP) is 2.57. The minimum Gasteiger partial charge on any atom is -0.339 e. The van der Waals surface area contributed by atoms with Gasteiger partial charge in [-0.1, -0.05) is 31.3 Å². The summed E-state index contributed by atoms with van der Waals surface area (Å²) >= 11 is 0. The highest BCUT2D eigenvalue weighted by Crippen LogP contribution is 2.15. The molecule has 1 aromatic carbocycles. The second-order valence-electron chi connectivity index (χ2n) is 5.09. The predicted molar refractivity (Wildman–Crippen MR) is 83.6 cm³/mol. The fourth-order valence-corrected chi connectivity index (χ4v) is 2.08. The summed E-state index contributed by atoms with van der Waals surface area (Å²) in [5.74, 6) is 5.85. The van der Waals surface area contributed by atoms with Crippen LogP contribution in [-0.4, -0.2) is 30.4 Å². The van der Waals surface area contributed by atoms with Gasteiger partial charge in [0, 0.05) is 24.2 Å². The van der Waals surface area contributed by atoms with Crippen LogP contribution in [0, 0.1) is 18.8 Å². The van der Waals surface area contributed by atoms with Gasteiger partial charge in [0.15, 0.2) is 0 Å². The topological polar surface area (TPSA) is 46.3 Å². The van der Waals surface area contributed by atoms with E-state index in [2.05, 4.69) is 25.7 Å². The molecule has 0 saturated heterocycles. The largest absolute Gasteiger partial charge is 0.339 e. The number of carbonyl (C=O) groups is 1. The number of rotatable bonds is 4. The maximum Gasteiger partial charge on any atom is 0.254 e. The van der Waals surface area contributed by atoms with Crippen LogP contribution in [0.15, 0.2) is 18.2 Å². The molecule has 2 N–H and O–H groups in total. The van der Waals surface area contributed by atoms with Crippen molar-refractivity contribution in [3.05, 3.63) is 34.9 Å². The van der Waals surface area contributed by atoms with E-state index in [1.165, 1.54) is 0 Å². The van der Waals surface area contributed by atoms with Crippen LogP contribution in [-0.2, 0) is 0 Å². The van der Waals surface area contributed by atoms with Crippen molar-refractivity contribution in [2.75, 3.05) is 13.6 Å². The molecule has 1 aromatic rings. The molecule has 0 aromatic heterocycles. The smallest absolute Gasteiger partial charge is 0.254 e. The standard InChI is InChI=1S/C17H24N2O/c1-5-7-14(3)19(4)17(20)16-12-15(8-6-11-18)10-9-13(16)2/h9-10,12,14H,5,7,11,18H2,1-4H3. The number of aryl methyl sites for hydroxylation is 1. The summed E-state index contributed by atoms with van der Waals surface area (Å²) in [5.41, 5.74) is 7.91. The highest BCUT2D eigenvalue weighted by molar-refractivity contribution is 5.96. The highest BCUT2D eigenvalue weighted by atomic mass is 16.2. The van der Waals surface area contributed by atoms with Crippen LogP contribution in [0.3, 0.4) is 0 Å². The molecule has 1 amide bonds. The van der Waals surface area contributed by atoms with Gasteiger partial charge < -0.3 is 10.6 Å². The van der Waals surface area contributed by atoms with E-state index in [1.807, 2.05) is 37.1 Å². The monoisotopic (exact) mass is 272 g/mol. The molecule has 0 spiro atoms. The minimum atomic E-state index is 0.0554. The first-order chi connectivity index (χ1) is 9.51. The zero-order chi connectivity index (χ0) is 15.1. The Labute approximate surface area is 122 Å². The molecule has 1 unspecified atom stereocenters. The van der Waals surface area contributed by atoms with Gasteiger partial charge in [0.05, 0.1) is 6.54 Å². The van der Waals surface area contributed by atoms with Crippen molar-refractivity contribution in [1.82, 2.24) is 4.90 Å². The number of nitrogens with two attached hydrogens (primary N) is 1. The number of amides is 1. The van der Waals surface area contributed by atoms with Crippen molar-refractivity contribution >= 4 is 5.91 Å². The lowest BCUT2D eigenvalue weighted by Crippen LogP contribution is -2.35. The first kappa shape index (κ1) is 16.3. The first-order valence-electron chi connectivity index (χ1n) is 7.08. The number of carbonyl (C=O) groups excluding carboxylic acids is 1. The maximum atomic E-state index is 12.6. The molecule has 0 bridgehead atoms. The molecule has 1 atom stereocenters. The summed E-state index contributed by atoms with van der Waals surface area (Å²) in [5, 5.41) is 0. The Balaban J connectivity index is 3.02. The van der Waals surface area contributed by atoms with Crippen LogP contribution in [0.1, 0.15) is 48.2 Å². The van der Waals surface area contributed by atoms with Crippen molar-refractivity contribution < 1.29 is 4.79 Å². The van der Waals surface area contributed by atoms with E-state index >= 15 is 0 Å². The second kappa shape index (κ2) is 7.72. The SMILES string of the molecule is CCCC(C)N(C)C(=O)c1cc(C#CCN)ccc1C. The van der Waals surface area contributed by atoms with Crippen molar-refractivity contribution in [3.63, 3.8) is 0 Å². The molecule has 3 heteroatoms. The van der Waals surface area contributed by atoms with Gasteiger partial charge in [-0.2, -0.15) is 0 Å². The van der Waals surface area contributed by atoms with Crippen LogP contribution >= 0.6 is 0 Å². The zero-order valence-corrected chi connectivity index (χ0v) is 12.9. The summed E-state index contributed by atoms with van der Waals surface area (Å²) in [4.78, 5) is 14.4. The average molecular weight is 272 g/mol. The van der Waals surface area contributed by atoms with Crippen molar-refractivity contribution in [2.45, 2.75) is 39.7 Å². The van der Waals surface area contributed by atoms with E-state index in [1.54, 1.807) is 0 Å². The third-order valence-electron chi connectivity index (χ3n) is 3.49. The average Bonchev–Trinajstić information content (AvgIpc) is 2.45. The second-order valence-corrected chi connectivity index (χ2v) is 5.09. The summed E-state index contributed by atoms with van der Waals surface area (Å²) in [6.07, 6.45) is 2.08. The van der Waals surface area contributed by atoms with Gasteiger partial charge in [0.2, 0.25) is 0 Å². The molecule has 1 rings (SSSR count). The van der Waals surface area contributed by atoms with Crippen LogP contribution < -0.4 is 5.73 Å². The van der Waals surface area contributed by atoms with Crippen LogP contribution in [0.2, 0.25) is 0 Å². The van der Waals surface area contributed by atoms with E-state index in [-0.39, 0.29) is 11.9 Å². The maximum absolute atomic E-state index is 12.6. The Hall–Kier alpha value is -1.79. The number of hydrogen-bond donors (Lipinski definition) is 1. The molecule has 3 nitrogen and oxygen atoms in total. The molecule has 108 valence electrons. The van der Waals surface area contributed by atoms with Gasteiger partial charge in [-0.05, 0) is 38.0 Å². The van der Waals surface area contributed by atoms with E-state index < -0.39 is 0 Å². The molecule has 0 heterocycles. The Morgan fingerprint density at radius 1 is 1.45 bits per heavy atom. The van der Waals surface area contributed by atoms with E-state index in [9.17, 15) is 4.79 Å². The molecule has 0 aliphatic carbocycles. The zero-order valence-electron chi connectivity index (χ0n) is 12.9. The quantitative estimate of drug-likeness (QED) is 0.856. The van der Waals surface area contributed by atoms with Crippen molar-refractivity contribution in [1.29, 1.82) is 0 Å². The van der Waals surface area contributed by atoms with Gasteiger partial charge in [-0.3, -0.25) is 4.79 Å². The van der Waals surface area contributed by atoms with Gasteiger partial charge in [-0.15, -0.1) is 0 Å². The summed E-state index contributed by atoms with van der Waals surface area (Å²) in [6, 6.07) is 5.96. The lowest BCUT2D eigenvalue weighted by Gasteiger charge is -2.25. The van der Waals surface area contributed by atoms with Crippen LogP contribution in [0.4, 0.5) is 0 Å². The molecule has 0 aliphatic rings. The number of benzene rings is 1. The van der Waals surface area contributed by atoms with E-state index in [0.29, 0.717) is 6.54 Å². The normalized spacial score (nSPS) is 11.4. The molecule has 20 heavy (non-hydrogen) atoms. The van der Waals surface area contributed by atoms with Crippen LogP contribution in [0.25, 0.3) is 0 Å². The first-order valence-corrected chi connectivity index (χ1v) is 7.08. The highest BCUT2D eigenvalue weighted by Gasteiger charge is 2.18. The molecule has 0 fully saturated rings. The van der Waals surface area contributed by atoms with Gasteiger partial charge in [-0.25, -0.2) is 0 Å².